The fourth-order valence-electron chi connectivity index (χ4n) is 8.06. The summed E-state index contributed by atoms with van der Waals surface area (Å²) in [5.74, 6) is -0.0673. The maximum absolute atomic E-state index is 13.6. The van der Waals surface area contributed by atoms with Crippen molar-refractivity contribution in [1.82, 2.24) is 14.2 Å². The highest BCUT2D eigenvalue weighted by Gasteiger charge is 2.29. The van der Waals surface area contributed by atoms with Crippen molar-refractivity contribution in [2.24, 2.45) is 7.05 Å². The van der Waals surface area contributed by atoms with Crippen LogP contribution in [0.3, 0.4) is 0 Å². The Labute approximate surface area is 401 Å². The molecular weight excluding hydrogens is 932 g/mol. The van der Waals surface area contributed by atoms with Crippen molar-refractivity contribution in [3.63, 3.8) is 0 Å². The number of anilines is 4. The number of piperazine rings is 1. The number of nitrogens with zero attached hydrogens (tertiary/aromatic N) is 5. The van der Waals surface area contributed by atoms with E-state index in [1.54, 1.807) is 43.0 Å². The number of sulfonamides is 2. The molecule has 0 spiro atoms. The van der Waals surface area contributed by atoms with Gasteiger partial charge in [0.05, 0.1) is 27.3 Å². The van der Waals surface area contributed by atoms with Gasteiger partial charge in [0.25, 0.3) is 21.6 Å². The molecule has 1 aliphatic heterocycles. The topological polar surface area (TPSA) is 179 Å². The SMILES string of the molecule is Cc1c(C(=O)NS(C)(=O)=O)c(-c2cccc(N3CCN(c4ccc(NS(=O)(=O)c5ccc(N[C@H](CCN(C)C)CSc6ccccc6)c([N+](=O)[O-])c5)cc4)CC3)c2)c(-c2ccc(Cl)cc2)n1C. The van der Waals surface area contributed by atoms with Gasteiger partial charge in [-0.05, 0) is 118 Å². The van der Waals surface area contributed by atoms with Crippen LogP contribution in [0.5, 0.6) is 0 Å². The zero-order chi connectivity index (χ0) is 48.0. The summed E-state index contributed by atoms with van der Waals surface area (Å²) < 4.78 is 58.3. The predicted molar refractivity (Wildman–Crippen MR) is 271 cm³/mol. The van der Waals surface area contributed by atoms with E-state index < -0.39 is 30.9 Å². The number of halogens is 1. The first-order valence-electron chi connectivity index (χ1n) is 21.4. The number of nitro groups is 1. The van der Waals surface area contributed by atoms with Crippen molar-refractivity contribution >= 4 is 77.8 Å². The fourth-order valence-corrected chi connectivity index (χ4v) is 10.7. The van der Waals surface area contributed by atoms with Crippen LogP contribution in [0.15, 0.2) is 131 Å². The summed E-state index contributed by atoms with van der Waals surface area (Å²) >= 11 is 7.87. The molecule has 1 aromatic heterocycles. The Morgan fingerprint density at radius 3 is 2.12 bits per heavy atom. The molecular formula is C48H53ClN8O7S3. The lowest BCUT2D eigenvalue weighted by Crippen LogP contribution is -2.46. The highest BCUT2D eigenvalue weighted by atomic mass is 35.5. The molecule has 15 nitrogen and oxygen atoms in total. The Balaban J connectivity index is 1.03. The van der Waals surface area contributed by atoms with Gasteiger partial charge in [0, 0.05) is 89.3 Å². The molecule has 352 valence electrons. The third-order valence-corrected chi connectivity index (χ3v) is 14.9. The molecule has 67 heavy (non-hydrogen) atoms. The normalized spacial score (nSPS) is 13.7. The second-order valence-corrected chi connectivity index (χ2v) is 21.6. The van der Waals surface area contributed by atoms with E-state index in [1.807, 2.05) is 109 Å². The van der Waals surface area contributed by atoms with Crippen molar-refractivity contribution in [1.29, 1.82) is 0 Å². The minimum Gasteiger partial charge on any atom is -0.376 e. The zero-order valence-corrected chi connectivity index (χ0v) is 41.0. The summed E-state index contributed by atoms with van der Waals surface area (Å²) in [4.78, 5) is 32.7. The third-order valence-electron chi connectivity index (χ3n) is 11.5. The number of carbonyl (C=O) groups excluding carboxylic acids is 1. The van der Waals surface area contributed by atoms with Crippen LogP contribution < -0.4 is 24.6 Å². The Hall–Kier alpha value is -6.05. The summed E-state index contributed by atoms with van der Waals surface area (Å²) in [5.41, 5.74) is 5.78. The molecule has 7 rings (SSSR count). The first-order chi connectivity index (χ1) is 31.9. The van der Waals surface area contributed by atoms with Crippen LogP contribution in [0.2, 0.25) is 5.02 Å². The minimum atomic E-state index is -4.19. The lowest BCUT2D eigenvalue weighted by molar-refractivity contribution is -0.384. The summed E-state index contributed by atoms with van der Waals surface area (Å²) in [6.45, 7) is 5.16. The smallest absolute Gasteiger partial charge is 0.293 e. The number of nitro benzene ring substituents is 1. The Bertz CT molecular complexity index is 2960. The molecule has 1 amide bonds. The molecule has 0 unspecified atom stereocenters. The Morgan fingerprint density at radius 2 is 1.49 bits per heavy atom. The molecule has 5 aromatic carbocycles. The molecule has 1 fully saturated rings. The summed E-state index contributed by atoms with van der Waals surface area (Å²) in [7, 11) is -2.26. The Kier molecular flexibility index (Phi) is 15.2. The maximum atomic E-state index is 13.6. The lowest BCUT2D eigenvalue weighted by Gasteiger charge is -2.37. The molecule has 1 saturated heterocycles. The summed E-state index contributed by atoms with van der Waals surface area (Å²) in [6.07, 6.45) is 1.67. The van der Waals surface area contributed by atoms with Crippen molar-refractivity contribution in [3.05, 3.63) is 148 Å². The molecule has 2 heterocycles. The van der Waals surface area contributed by atoms with E-state index in [0.717, 1.165) is 52.0 Å². The minimum absolute atomic E-state index is 0.125. The van der Waals surface area contributed by atoms with Gasteiger partial charge >= 0.3 is 0 Å². The average Bonchev–Trinajstić information content (AvgIpc) is 3.56. The number of nitrogens with one attached hydrogen (secondary N) is 3. The van der Waals surface area contributed by atoms with Crippen LogP contribution in [0, 0.1) is 17.0 Å². The predicted octanol–water partition coefficient (Wildman–Crippen LogP) is 8.57. The number of benzene rings is 5. The second kappa shape index (κ2) is 20.9. The van der Waals surface area contributed by atoms with Gasteiger partial charge in [-0.1, -0.05) is 54.1 Å². The number of hydrogen-bond donors (Lipinski definition) is 3. The van der Waals surface area contributed by atoms with Crippen molar-refractivity contribution in [2.45, 2.75) is 29.2 Å². The van der Waals surface area contributed by atoms with Crippen LogP contribution in [0.4, 0.5) is 28.4 Å². The first-order valence-corrected chi connectivity index (χ1v) is 26.2. The summed E-state index contributed by atoms with van der Waals surface area (Å²) in [6, 6.07) is 35.8. The molecule has 19 heteroatoms. The van der Waals surface area contributed by atoms with Gasteiger partial charge in [-0.2, -0.15) is 0 Å². The molecule has 3 N–H and O–H groups in total. The van der Waals surface area contributed by atoms with Crippen LogP contribution in [0.25, 0.3) is 22.4 Å². The quantitative estimate of drug-likeness (QED) is 0.0425. The monoisotopic (exact) mass is 984 g/mol. The van der Waals surface area contributed by atoms with Crippen molar-refractivity contribution in [3.8, 4) is 22.4 Å². The van der Waals surface area contributed by atoms with Gasteiger partial charge in [-0.15, -0.1) is 11.8 Å². The van der Waals surface area contributed by atoms with Gasteiger partial charge in [0.15, 0.2) is 0 Å². The molecule has 0 radical (unpaired) electrons. The number of rotatable bonds is 18. The molecule has 0 bridgehead atoms. The largest absolute Gasteiger partial charge is 0.376 e. The van der Waals surface area contributed by atoms with Crippen LogP contribution in [0.1, 0.15) is 22.5 Å². The van der Waals surface area contributed by atoms with Gasteiger partial charge in [0.2, 0.25) is 10.0 Å². The fraction of sp³-hybridized carbons (Fsp3) is 0.271. The standard InChI is InChI=1S/C48H53ClN8O7S3/c1-33-45(48(58)52-66(5,61)62)46(47(54(33)4)34-14-16-36(49)17-15-34)35-10-9-11-40(30-35)56-28-26-55(27-29-56)39-20-18-37(19-21-39)51-67(63,64)42-22-23-43(44(31-42)57(59)60)50-38(24-25-53(2)3)32-65-41-12-7-6-8-13-41/h6-23,30-31,38,50-51H,24-29,32H2,1-5H3,(H,52,58)/t38-/m1/s1. The van der Waals surface area contributed by atoms with E-state index in [1.165, 1.54) is 12.1 Å². The summed E-state index contributed by atoms with van der Waals surface area (Å²) in [5, 5.41) is 16.2. The number of hydrogen-bond acceptors (Lipinski definition) is 12. The van der Waals surface area contributed by atoms with E-state index in [9.17, 15) is 31.7 Å². The highest BCUT2D eigenvalue weighted by Crippen LogP contribution is 2.41. The van der Waals surface area contributed by atoms with Gasteiger partial charge in [-0.25, -0.2) is 21.6 Å². The highest BCUT2D eigenvalue weighted by molar-refractivity contribution is 7.99. The number of thioether (sulfide) groups is 1. The average molecular weight is 986 g/mol. The third kappa shape index (κ3) is 12.1. The molecule has 1 aliphatic rings. The number of carbonyl (C=O) groups is 1. The zero-order valence-electron chi connectivity index (χ0n) is 37.8. The van der Waals surface area contributed by atoms with Gasteiger partial charge < -0.3 is 24.6 Å². The van der Waals surface area contributed by atoms with Gasteiger partial charge in [-0.3, -0.25) is 19.6 Å². The van der Waals surface area contributed by atoms with Crippen molar-refractivity contribution in [2.75, 3.05) is 78.7 Å². The van der Waals surface area contributed by atoms with Crippen LogP contribution in [-0.2, 0) is 27.1 Å². The lowest BCUT2D eigenvalue weighted by atomic mass is 9.96. The van der Waals surface area contributed by atoms with E-state index in [4.69, 9.17) is 11.6 Å². The van der Waals surface area contributed by atoms with E-state index in [0.29, 0.717) is 60.3 Å². The van der Waals surface area contributed by atoms with Crippen molar-refractivity contribution < 1.29 is 26.6 Å². The molecule has 0 saturated carbocycles. The van der Waals surface area contributed by atoms with Gasteiger partial charge in [0.1, 0.15) is 5.69 Å². The number of aromatic nitrogens is 1. The maximum Gasteiger partial charge on any atom is 0.293 e. The first kappa shape index (κ1) is 48.9. The molecule has 6 aromatic rings. The second-order valence-electron chi connectivity index (χ2n) is 16.6. The molecule has 0 aliphatic carbocycles. The van der Waals surface area contributed by atoms with E-state index in [2.05, 4.69) is 24.6 Å². The van der Waals surface area contributed by atoms with E-state index in [-0.39, 0.29) is 27.9 Å². The van der Waals surface area contributed by atoms with E-state index >= 15 is 0 Å². The Morgan fingerprint density at radius 1 is 0.836 bits per heavy atom. The van der Waals surface area contributed by atoms with Crippen LogP contribution in [-0.4, -0.2) is 102 Å². The number of amides is 1. The molecule has 1 atom stereocenters. The van der Waals surface area contributed by atoms with Crippen LogP contribution >= 0.6 is 23.4 Å².